The zero-order valence-electron chi connectivity index (χ0n) is 13.4. The number of nitrogens with one attached hydrogen (secondary N) is 1. The zero-order valence-corrected chi connectivity index (χ0v) is 14.3. The lowest BCUT2D eigenvalue weighted by Crippen LogP contribution is -2.11. The van der Waals surface area contributed by atoms with E-state index in [1.807, 2.05) is 0 Å². The number of hydrogen-bond donors (Lipinski definition) is 1. The van der Waals surface area contributed by atoms with E-state index in [1.165, 1.54) is 21.8 Å². The number of benzene rings is 1. The van der Waals surface area contributed by atoms with Crippen molar-refractivity contribution in [1.82, 2.24) is 10.3 Å². The summed E-state index contributed by atoms with van der Waals surface area (Å²) in [5, 5.41) is 4.50. The van der Waals surface area contributed by atoms with E-state index in [-0.39, 0.29) is 0 Å². The molecule has 1 heterocycles. The molecule has 0 aliphatic rings. The third kappa shape index (κ3) is 3.83. The molecule has 0 atom stereocenters. The third-order valence-electron chi connectivity index (χ3n) is 3.55. The van der Waals surface area contributed by atoms with Crippen LogP contribution in [0, 0.1) is 6.92 Å². The van der Waals surface area contributed by atoms with E-state index in [4.69, 9.17) is 4.98 Å². The van der Waals surface area contributed by atoms with Gasteiger partial charge in [-0.2, -0.15) is 0 Å². The van der Waals surface area contributed by atoms with Crippen molar-refractivity contribution in [1.29, 1.82) is 0 Å². The van der Waals surface area contributed by atoms with Crippen LogP contribution in [0.15, 0.2) is 24.3 Å². The molecular formula is C17H25N3S. The zero-order chi connectivity index (χ0) is 15.2. The van der Waals surface area contributed by atoms with Gasteiger partial charge in [0.05, 0.1) is 5.69 Å². The van der Waals surface area contributed by atoms with Crippen LogP contribution in [0.1, 0.15) is 36.4 Å². The van der Waals surface area contributed by atoms with Crippen LogP contribution in [0.3, 0.4) is 0 Å². The SMILES string of the molecule is CCCc1nc(N(C)c2ccccc2C)sc1CNCC. The molecular weight excluding hydrogens is 278 g/mol. The van der Waals surface area contributed by atoms with Crippen molar-refractivity contribution in [3.8, 4) is 0 Å². The number of hydrogen-bond acceptors (Lipinski definition) is 4. The number of thiazole rings is 1. The van der Waals surface area contributed by atoms with Gasteiger partial charge in [-0.15, -0.1) is 0 Å². The molecule has 1 N–H and O–H groups in total. The molecule has 1 aromatic heterocycles. The van der Waals surface area contributed by atoms with E-state index in [0.29, 0.717) is 0 Å². The Morgan fingerprint density at radius 3 is 2.67 bits per heavy atom. The summed E-state index contributed by atoms with van der Waals surface area (Å²) in [5.74, 6) is 0. The minimum Gasteiger partial charge on any atom is -0.321 e. The van der Waals surface area contributed by atoms with Crippen molar-refractivity contribution in [3.05, 3.63) is 40.4 Å². The van der Waals surface area contributed by atoms with Gasteiger partial charge in [0.1, 0.15) is 0 Å². The first-order valence-corrected chi connectivity index (χ1v) is 8.47. The fraction of sp³-hybridized carbons (Fsp3) is 0.471. The molecule has 0 fully saturated rings. The van der Waals surface area contributed by atoms with Crippen LogP contribution >= 0.6 is 11.3 Å². The topological polar surface area (TPSA) is 28.2 Å². The molecule has 114 valence electrons. The van der Waals surface area contributed by atoms with Gasteiger partial charge >= 0.3 is 0 Å². The molecule has 0 amide bonds. The third-order valence-corrected chi connectivity index (χ3v) is 4.73. The molecule has 0 saturated heterocycles. The summed E-state index contributed by atoms with van der Waals surface area (Å²) in [6, 6.07) is 8.46. The summed E-state index contributed by atoms with van der Waals surface area (Å²) in [7, 11) is 2.11. The van der Waals surface area contributed by atoms with Crippen LogP contribution in [-0.2, 0) is 13.0 Å². The molecule has 0 saturated carbocycles. The normalized spacial score (nSPS) is 10.9. The fourth-order valence-electron chi connectivity index (χ4n) is 2.36. The first-order chi connectivity index (χ1) is 10.2. The molecule has 3 nitrogen and oxygen atoms in total. The Hall–Kier alpha value is -1.39. The number of para-hydroxylation sites is 1. The minimum atomic E-state index is 0.922. The second-order valence-electron chi connectivity index (χ2n) is 5.24. The van der Waals surface area contributed by atoms with Crippen molar-refractivity contribution < 1.29 is 0 Å². The van der Waals surface area contributed by atoms with Crippen LogP contribution in [0.25, 0.3) is 0 Å². The van der Waals surface area contributed by atoms with Crippen molar-refractivity contribution in [2.75, 3.05) is 18.5 Å². The van der Waals surface area contributed by atoms with Crippen LogP contribution in [0.2, 0.25) is 0 Å². The lowest BCUT2D eigenvalue weighted by Gasteiger charge is -2.18. The molecule has 2 aromatic rings. The molecule has 0 spiro atoms. The van der Waals surface area contributed by atoms with E-state index in [0.717, 1.165) is 31.1 Å². The maximum Gasteiger partial charge on any atom is 0.190 e. The Balaban J connectivity index is 2.28. The summed E-state index contributed by atoms with van der Waals surface area (Å²) in [5.41, 5.74) is 3.75. The summed E-state index contributed by atoms with van der Waals surface area (Å²) in [4.78, 5) is 8.45. The number of aryl methyl sites for hydroxylation is 2. The number of anilines is 2. The van der Waals surface area contributed by atoms with Crippen LogP contribution in [0.5, 0.6) is 0 Å². The Bertz CT molecular complexity index is 577. The molecule has 1 aromatic carbocycles. The van der Waals surface area contributed by atoms with Gasteiger partial charge < -0.3 is 10.2 Å². The molecule has 0 radical (unpaired) electrons. The second kappa shape index (κ2) is 7.57. The van der Waals surface area contributed by atoms with E-state index in [1.54, 1.807) is 11.3 Å². The van der Waals surface area contributed by atoms with Gasteiger partial charge in [0, 0.05) is 24.2 Å². The average molecular weight is 303 g/mol. The molecule has 0 bridgehead atoms. The van der Waals surface area contributed by atoms with Gasteiger partial charge in [-0.3, -0.25) is 0 Å². The minimum absolute atomic E-state index is 0.922. The van der Waals surface area contributed by atoms with Gasteiger partial charge in [-0.05, 0) is 31.5 Å². The van der Waals surface area contributed by atoms with Crippen molar-refractivity contribution in [3.63, 3.8) is 0 Å². The van der Waals surface area contributed by atoms with Gasteiger partial charge in [-0.25, -0.2) is 4.98 Å². The highest BCUT2D eigenvalue weighted by Gasteiger charge is 2.15. The van der Waals surface area contributed by atoms with E-state index in [9.17, 15) is 0 Å². The van der Waals surface area contributed by atoms with Crippen molar-refractivity contribution in [2.24, 2.45) is 0 Å². The van der Waals surface area contributed by atoms with Gasteiger partial charge in [0.15, 0.2) is 5.13 Å². The lowest BCUT2D eigenvalue weighted by atomic mass is 10.2. The predicted octanol–water partition coefficient (Wildman–Crippen LogP) is 4.28. The van der Waals surface area contributed by atoms with E-state index < -0.39 is 0 Å². The van der Waals surface area contributed by atoms with Crippen LogP contribution in [0.4, 0.5) is 10.8 Å². The van der Waals surface area contributed by atoms with Crippen LogP contribution in [-0.4, -0.2) is 18.6 Å². The highest BCUT2D eigenvalue weighted by molar-refractivity contribution is 7.15. The quantitative estimate of drug-likeness (QED) is 0.827. The lowest BCUT2D eigenvalue weighted by molar-refractivity contribution is 0.723. The molecule has 2 rings (SSSR count). The molecule has 21 heavy (non-hydrogen) atoms. The van der Waals surface area contributed by atoms with Crippen molar-refractivity contribution >= 4 is 22.2 Å². The second-order valence-corrected chi connectivity index (χ2v) is 6.30. The molecule has 0 unspecified atom stereocenters. The van der Waals surface area contributed by atoms with E-state index >= 15 is 0 Å². The van der Waals surface area contributed by atoms with Gasteiger partial charge in [0.25, 0.3) is 0 Å². The Labute approximate surface area is 132 Å². The Kier molecular flexibility index (Phi) is 5.76. The fourth-order valence-corrected chi connectivity index (χ4v) is 3.42. The van der Waals surface area contributed by atoms with Gasteiger partial charge in [0.2, 0.25) is 0 Å². The predicted molar refractivity (Wildman–Crippen MR) is 92.7 cm³/mol. The molecule has 4 heteroatoms. The summed E-state index contributed by atoms with van der Waals surface area (Å²) in [6.07, 6.45) is 2.19. The number of rotatable bonds is 7. The maximum absolute atomic E-state index is 4.87. The largest absolute Gasteiger partial charge is 0.321 e. The highest BCUT2D eigenvalue weighted by Crippen LogP contribution is 2.32. The van der Waals surface area contributed by atoms with Crippen molar-refractivity contribution in [2.45, 2.75) is 40.2 Å². The van der Waals surface area contributed by atoms with E-state index in [2.05, 4.69) is 62.3 Å². The highest BCUT2D eigenvalue weighted by atomic mass is 32.1. The molecule has 0 aliphatic heterocycles. The first-order valence-electron chi connectivity index (χ1n) is 7.66. The summed E-state index contributed by atoms with van der Waals surface area (Å²) < 4.78 is 0. The monoisotopic (exact) mass is 303 g/mol. The van der Waals surface area contributed by atoms with Gasteiger partial charge in [-0.1, -0.05) is 49.8 Å². The summed E-state index contributed by atoms with van der Waals surface area (Å²) >= 11 is 1.80. The Morgan fingerprint density at radius 1 is 1.24 bits per heavy atom. The number of nitrogens with zero attached hydrogens (tertiary/aromatic N) is 2. The van der Waals surface area contributed by atoms with Crippen LogP contribution < -0.4 is 10.2 Å². The smallest absolute Gasteiger partial charge is 0.190 e. The first kappa shape index (κ1) is 16.0. The maximum atomic E-state index is 4.87. The molecule has 0 aliphatic carbocycles. The average Bonchev–Trinajstić information content (AvgIpc) is 2.88. The Morgan fingerprint density at radius 2 is 2.00 bits per heavy atom. The summed E-state index contributed by atoms with van der Waals surface area (Å²) in [6.45, 7) is 8.41. The number of aromatic nitrogens is 1. The standard InChI is InChI=1S/C17H25N3S/c1-5-9-14-16(12-18-6-2)21-17(19-14)20(4)15-11-8-7-10-13(15)3/h7-8,10-11,18H,5-6,9,12H2,1-4H3.